The number of fused-ring (bicyclic) bond motifs is 3. The molecule has 0 saturated carbocycles. The number of halogens is 2. The maximum Gasteiger partial charge on any atom is 0.286 e. The quantitative estimate of drug-likeness (QED) is 0.622. The van der Waals surface area contributed by atoms with Crippen LogP contribution in [0.15, 0.2) is 0 Å². The molecule has 0 spiro atoms. The number of hydrogen-bond donors (Lipinski definition) is 0. The number of rotatable bonds is 1. The van der Waals surface area contributed by atoms with Crippen molar-refractivity contribution >= 4 is 0 Å². The van der Waals surface area contributed by atoms with E-state index in [0.29, 0.717) is 13.0 Å². The van der Waals surface area contributed by atoms with Gasteiger partial charge in [0.05, 0.1) is 12.6 Å². The lowest BCUT2D eigenvalue weighted by Gasteiger charge is -2.36. The first kappa shape index (κ1) is 9.34. The van der Waals surface area contributed by atoms with Crippen LogP contribution in [0, 0.1) is 0 Å². The largest absolute Gasteiger partial charge is 0.367 e. The Morgan fingerprint density at radius 1 is 1.46 bits per heavy atom. The lowest BCUT2D eigenvalue weighted by Crippen LogP contribution is -2.48. The lowest BCUT2D eigenvalue weighted by atomic mass is 10.0. The van der Waals surface area contributed by atoms with Crippen molar-refractivity contribution in [3.8, 4) is 0 Å². The topological polar surface area (TPSA) is 12.5 Å². The Balaban J connectivity index is 2.09. The molecule has 3 rings (SSSR count). The Labute approximate surface area is 76.9 Å². The fourth-order valence-electron chi connectivity index (χ4n) is 1.94. The standard InChI is InChI=1S/C9H15F2NO/c1-6(2)12-4-7-3-8(13-7)9(10,11)5-12/h6-8H,3-5H2,1-2H3. The molecule has 13 heavy (non-hydrogen) atoms. The van der Waals surface area contributed by atoms with Gasteiger partial charge in [0, 0.05) is 19.0 Å². The predicted octanol–water partition coefficient (Wildman–Crippen LogP) is 1.50. The molecule has 0 radical (unpaired) electrons. The van der Waals surface area contributed by atoms with Crippen molar-refractivity contribution in [3.63, 3.8) is 0 Å². The molecule has 2 bridgehead atoms. The van der Waals surface area contributed by atoms with Crippen LogP contribution in [0.5, 0.6) is 0 Å². The van der Waals surface area contributed by atoms with Crippen LogP contribution in [0.1, 0.15) is 20.3 Å². The summed E-state index contributed by atoms with van der Waals surface area (Å²) in [5.41, 5.74) is 0. The summed E-state index contributed by atoms with van der Waals surface area (Å²) in [4.78, 5) is 1.80. The Bertz CT molecular complexity index is 202. The van der Waals surface area contributed by atoms with Gasteiger partial charge < -0.3 is 4.74 Å². The minimum Gasteiger partial charge on any atom is -0.367 e. The molecule has 2 nitrogen and oxygen atoms in total. The third-order valence-corrected chi connectivity index (χ3v) is 2.89. The Morgan fingerprint density at radius 2 is 2.08 bits per heavy atom. The summed E-state index contributed by atoms with van der Waals surface area (Å²) >= 11 is 0. The molecule has 4 heteroatoms. The van der Waals surface area contributed by atoms with Crippen molar-refractivity contribution in [2.75, 3.05) is 13.1 Å². The summed E-state index contributed by atoms with van der Waals surface area (Å²) in [5.74, 6) is -2.66. The van der Waals surface area contributed by atoms with Gasteiger partial charge in [0.2, 0.25) is 0 Å². The van der Waals surface area contributed by atoms with Gasteiger partial charge in [0.15, 0.2) is 0 Å². The van der Waals surface area contributed by atoms with Crippen molar-refractivity contribution < 1.29 is 13.5 Å². The van der Waals surface area contributed by atoms with E-state index in [4.69, 9.17) is 4.74 Å². The van der Waals surface area contributed by atoms with Crippen LogP contribution >= 0.6 is 0 Å². The fourth-order valence-corrected chi connectivity index (χ4v) is 1.94. The van der Waals surface area contributed by atoms with Gasteiger partial charge in [-0.15, -0.1) is 0 Å². The Morgan fingerprint density at radius 3 is 2.62 bits per heavy atom. The number of alkyl halides is 2. The second-order valence-corrected chi connectivity index (χ2v) is 4.27. The first-order valence-corrected chi connectivity index (χ1v) is 4.76. The third kappa shape index (κ3) is 1.57. The van der Waals surface area contributed by atoms with Crippen LogP contribution in [0.2, 0.25) is 0 Å². The summed E-state index contributed by atoms with van der Waals surface area (Å²) < 4.78 is 31.8. The summed E-state index contributed by atoms with van der Waals surface area (Å²) in [5, 5.41) is 0. The first-order chi connectivity index (χ1) is 5.99. The Kier molecular flexibility index (Phi) is 2.07. The molecule has 3 aliphatic rings. The molecule has 76 valence electrons. The van der Waals surface area contributed by atoms with E-state index in [1.165, 1.54) is 0 Å². The molecule has 3 saturated heterocycles. The zero-order valence-corrected chi connectivity index (χ0v) is 7.96. The maximum absolute atomic E-state index is 13.3. The van der Waals surface area contributed by atoms with E-state index in [2.05, 4.69) is 0 Å². The second kappa shape index (κ2) is 2.89. The maximum atomic E-state index is 13.3. The average molecular weight is 191 g/mol. The molecule has 0 N–H and O–H groups in total. The van der Waals surface area contributed by atoms with E-state index in [0.717, 1.165) is 0 Å². The number of ether oxygens (including phenoxy) is 1. The molecule has 0 aromatic carbocycles. The van der Waals surface area contributed by atoms with Crippen LogP contribution < -0.4 is 0 Å². The van der Waals surface area contributed by atoms with Gasteiger partial charge in [-0.3, -0.25) is 4.90 Å². The van der Waals surface area contributed by atoms with E-state index in [9.17, 15) is 8.78 Å². The van der Waals surface area contributed by atoms with E-state index < -0.39 is 12.0 Å². The van der Waals surface area contributed by atoms with Crippen molar-refractivity contribution in [3.05, 3.63) is 0 Å². The van der Waals surface area contributed by atoms with E-state index in [-0.39, 0.29) is 18.7 Å². The van der Waals surface area contributed by atoms with Crippen molar-refractivity contribution in [1.82, 2.24) is 4.90 Å². The van der Waals surface area contributed by atoms with Gasteiger partial charge in [-0.05, 0) is 13.8 Å². The SMILES string of the molecule is CC(C)N1CC2CC(O2)C(F)(F)C1. The first-order valence-electron chi connectivity index (χ1n) is 4.76. The molecule has 3 aliphatic heterocycles. The van der Waals surface area contributed by atoms with E-state index in [1.807, 2.05) is 13.8 Å². The van der Waals surface area contributed by atoms with Gasteiger partial charge >= 0.3 is 0 Å². The zero-order valence-electron chi connectivity index (χ0n) is 7.96. The van der Waals surface area contributed by atoms with Gasteiger partial charge in [-0.2, -0.15) is 0 Å². The molecule has 0 aromatic rings. The lowest BCUT2D eigenvalue weighted by molar-refractivity contribution is -0.211. The third-order valence-electron chi connectivity index (χ3n) is 2.89. The monoisotopic (exact) mass is 191 g/mol. The van der Waals surface area contributed by atoms with Crippen molar-refractivity contribution in [2.45, 2.75) is 44.4 Å². The van der Waals surface area contributed by atoms with Crippen LogP contribution in [0.25, 0.3) is 0 Å². The zero-order chi connectivity index (χ0) is 9.64. The van der Waals surface area contributed by atoms with Crippen LogP contribution in [-0.4, -0.2) is 42.2 Å². The highest BCUT2D eigenvalue weighted by molar-refractivity contribution is 4.96. The molecule has 2 unspecified atom stereocenters. The number of nitrogens with zero attached hydrogens (tertiary/aromatic N) is 1. The molecule has 0 aromatic heterocycles. The highest BCUT2D eigenvalue weighted by Crippen LogP contribution is 2.38. The average Bonchev–Trinajstić information content (AvgIpc) is 2.09. The molecule has 0 aliphatic carbocycles. The highest BCUT2D eigenvalue weighted by atomic mass is 19.3. The minimum absolute atomic E-state index is 0.0424. The van der Waals surface area contributed by atoms with Gasteiger partial charge in [0.25, 0.3) is 5.92 Å². The van der Waals surface area contributed by atoms with E-state index in [1.54, 1.807) is 4.90 Å². The molecule has 2 atom stereocenters. The van der Waals surface area contributed by atoms with Gasteiger partial charge in [-0.25, -0.2) is 8.78 Å². The summed E-state index contributed by atoms with van der Waals surface area (Å²) in [6.45, 7) is 4.40. The van der Waals surface area contributed by atoms with Crippen LogP contribution in [0.3, 0.4) is 0 Å². The summed E-state index contributed by atoms with van der Waals surface area (Å²) in [6, 6.07) is 0.175. The second-order valence-electron chi connectivity index (χ2n) is 4.27. The molecular weight excluding hydrogens is 176 g/mol. The predicted molar refractivity (Wildman–Crippen MR) is 44.9 cm³/mol. The van der Waals surface area contributed by atoms with Gasteiger partial charge in [0.1, 0.15) is 6.10 Å². The molecule has 0 amide bonds. The molecule has 3 fully saturated rings. The van der Waals surface area contributed by atoms with Crippen LogP contribution in [-0.2, 0) is 4.74 Å². The summed E-state index contributed by atoms with van der Waals surface area (Å²) in [7, 11) is 0. The normalized spacial score (nSPS) is 38.5. The van der Waals surface area contributed by atoms with Gasteiger partial charge in [-0.1, -0.05) is 0 Å². The Hall–Kier alpha value is -0.220. The van der Waals surface area contributed by atoms with Crippen molar-refractivity contribution in [1.29, 1.82) is 0 Å². The smallest absolute Gasteiger partial charge is 0.286 e. The van der Waals surface area contributed by atoms with Crippen LogP contribution in [0.4, 0.5) is 8.78 Å². The fraction of sp³-hybridized carbons (Fsp3) is 1.00. The highest BCUT2D eigenvalue weighted by Gasteiger charge is 2.53. The molecular formula is C9H15F2NO. The minimum atomic E-state index is -2.66. The van der Waals surface area contributed by atoms with Crippen molar-refractivity contribution in [2.24, 2.45) is 0 Å². The molecule has 3 heterocycles. The summed E-state index contributed by atoms with van der Waals surface area (Å²) in [6.07, 6.45) is -0.252. The number of hydrogen-bond acceptors (Lipinski definition) is 2. The van der Waals surface area contributed by atoms with E-state index >= 15 is 0 Å².